The van der Waals surface area contributed by atoms with Gasteiger partial charge in [-0.15, -0.1) is 5.10 Å². The molecule has 0 aliphatic carbocycles. The van der Waals surface area contributed by atoms with Crippen LogP contribution in [0.25, 0.3) is 11.0 Å². The number of aliphatic hydroxyl groups is 1. The lowest BCUT2D eigenvalue weighted by molar-refractivity contribution is -0.115. The number of hydrogen-bond acceptors (Lipinski definition) is 4. The lowest BCUT2D eigenvalue weighted by atomic mass is 9.83. The molecule has 0 spiro atoms. The van der Waals surface area contributed by atoms with Gasteiger partial charge in [-0.3, -0.25) is 4.79 Å². The van der Waals surface area contributed by atoms with Crippen LogP contribution in [0.3, 0.4) is 0 Å². The van der Waals surface area contributed by atoms with Crippen molar-refractivity contribution >= 4 is 22.6 Å². The van der Waals surface area contributed by atoms with Crippen molar-refractivity contribution in [2.45, 2.75) is 51.2 Å². The Hall–Kier alpha value is -3.86. The summed E-state index contributed by atoms with van der Waals surface area (Å²) in [7, 11) is 0. The Morgan fingerprint density at radius 3 is 2.26 bits per heavy atom. The summed E-state index contributed by atoms with van der Waals surface area (Å²) in [4.78, 5) is 12.5. The molecule has 6 nitrogen and oxygen atoms in total. The summed E-state index contributed by atoms with van der Waals surface area (Å²) in [6.07, 6.45) is -1.92. The van der Waals surface area contributed by atoms with Crippen molar-refractivity contribution in [3.8, 4) is 0 Å². The van der Waals surface area contributed by atoms with E-state index in [1.807, 2.05) is 0 Å². The topological polar surface area (TPSA) is 80.0 Å². The number of amides is 1. The second-order valence-corrected chi connectivity index (χ2v) is 9.80. The molecule has 0 fully saturated rings. The number of hydrogen-bond donors (Lipinski definition) is 2. The van der Waals surface area contributed by atoms with Crippen LogP contribution in [0, 0.1) is 17.5 Å². The Labute approximate surface area is 215 Å². The molecule has 4 rings (SSSR count). The summed E-state index contributed by atoms with van der Waals surface area (Å²) < 4.78 is 71.4. The molecular weight excluding hydrogens is 507 g/mol. The molecule has 3 aromatic carbocycles. The van der Waals surface area contributed by atoms with Gasteiger partial charge in [-0.25, -0.2) is 17.9 Å². The molecule has 0 saturated heterocycles. The minimum Gasteiger partial charge on any atom is -0.387 e. The van der Waals surface area contributed by atoms with Gasteiger partial charge in [0.15, 0.2) is 0 Å². The van der Waals surface area contributed by atoms with Crippen LogP contribution in [0.2, 0.25) is 0 Å². The third-order valence-corrected chi connectivity index (χ3v) is 6.25. The maximum atomic E-state index is 14.4. The van der Waals surface area contributed by atoms with Crippen LogP contribution in [-0.2, 0) is 29.1 Å². The zero-order chi connectivity index (χ0) is 27.8. The van der Waals surface area contributed by atoms with Gasteiger partial charge in [0.1, 0.15) is 29.1 Å². The van der Waals surface area contributed by atoms with Gasteiger partial charge in [0.2, 0.25) is 5.91 Å². The van der Waals surface area contributed by atoms with E-state index in [-0.39, 0.29) is 24.1 Å². The van der Waals surface area contributed by atoms with Gasteiger partial charge in [0.25, 0.3) is 5.92 Å². The Balaban J connectivity index is 1.46. The number of fused-ring (bicyclic) bond motifs is 1. The van der Waals surface area contributed by atoms with Gasteiger partial charge < -0.3 is 10.4 Å². The average Bonchev–Trinajstić information content (AvgIpc) is 3.19. The van der Waals surface area contributed by atoms with E-state index in [1.165, 1.54) is 28.9 Å². The van der Waals surface area contributed by atoms with E-state index in [1.54, 1.807) is 32.0 Å². The minimum atomic E-state index is -3.40. The Kier molecular flexibility index (Phi) is 7.24. The van der Waals surface area contributed by atoms with E-state index in [2.05, 4.69) is 15.6 Å². The molecule has 38 heavy (non-hydrogen) atoms. The number of anilines is 1. The quantitative estimate of drug-likeness (QED) is 0.295. The van der Waals surface area contributed by atoms with Gasteiger partial charge in [-0.05, 0) is 30.7 Å². The van der Waals surface area contributed by atoms with Crippen LogP contribution >= 0.6 is 0 Å². The van der Waals surface area contributed by atoms with Gasteiger partial charge in [-0.1, -0.05) is 43.3 Å². The van der Waals surface area contributed by atoms with Crippen molar-refractivity contribution in [1.82, 2.24) is 15.0 Å². The van der Waals surface area contributed by atoms with Crippen molar-refractivity contribution in [3.05, 3.63) is 88.7 Å². The SMILES string of the molecule is CC(O)C(F)(F)c1ccc(CC(=O)Nc2ccc3c(c2)nnn3CC(C)(C)c2c(F)cc(F)cc2F)cc1. The molecule has 1 heterocycles. The smallest absolute Gasteiger partial charge is 0.298 e. The van der Waals surface area contributed by atoms with E-state index in [4.69, 9.17) is 0 Å². The fourth-order valence-corrected chi connectivity index (χ4v) is 4.29. The maximum Gasteiger partial charge on any atom is 0.298 e. The van der Waals surface area contributed by atoms with Gasteiger partial charge in [-0.2, -0.15) is 8.78 Å². The second-order valence-electron chi connectivity index (χ2n) is 9.80. The van der Waals surface area contributed by atoms with E-state index >= 15 is 0 Å². The first-order valence-electron chi connectivity index (χ1n) is 11.7. The summed E-state index contributed by atoms with van der Waals surface area (Å²) in [5, 5.41) is 20.1. The fourth-order valence-electron chi connectivity index (χ4n) is 4.29. The Morgan fingerprint density at radius 2 is 1.66 bits per heavy atom. The molecule has 0 bridgehead atoms. The highest BCUT2D eigenvalue weighted by molar-refractivity contribution is 5.94. The number of aromatic nitrogens is 3. The summed E-state index contributed by atoms with van der Waals surface area (Å²) in [6, 6.07) is 11.2. The number of carbonyl (C=O) groups excluding carboxylic acids is 1. The van der Waals surface area contributed by atoms with Crippen LogP contribution in [-0.4, -0.2) is 32.1 Å². The predicted molar refractivity (Wildman–Crippen MR) is 131 cm³/mol. The zero-order valence-corrected chi connectivity index (χ0v) is 20.8. The number of alkyl halides is 2. The highest BCUT2D eigenvalue weighted by Gasteiger charge is 2.37. The molecule has 0 aliphatic heterocycles. The van der Waals surface area contributed by atoms with Crippen LogP contribution in [0.1, 0.15) is 37.5 Å². The lowest BCUT2D eigenvalue weighted by Gasteiger charge is -2.26. The van der Waals surface area contributed by atoms with Gasteiger partial charge in [0.05, 0.1) is 18.5 Å². The first-order valence-corrected chi connectivity index (χ1v) is 11.7. The normalized spacial score (nSPS) is 13.1. The Morgan fingerprint density at radius 1 is 1.03 bits per heavy atom. The number of benzene rings is 3. The highest BCUT2D eigenvalue weighted by atomic mass is 19.3. The lowest BCUT2D eigenvalue weighted by Crippen LogP contribution is -2.28. The number of carbonyl (C=O) groups is 1. The molecule has 1 atom stereocenters. The van der Waals surface area contributed by atoms with Crippen molar-refractivity contribution in [1.29, 1.82) is 0 Å². The van der Waals surface area contributed by atoms with E-state index in [9.17, 15) is 31.9 Å². The van der Waals surface area contributed by atoms with Gasteiger partial charge in [0, 0.05) is 34.4 Å². The molecular formula is C27H25F5N4O2. The molecule has 11 heteroatoms. The van der Waals surface area contributed by atoms with E-state index < -0.39 is 40.8 Å². The van der Waals surface area contributed by atoms with Crippen molar-refractivity contribution in [3.63, 3.8) is 0 Å². The number of nitrogens with zero attached hydrogens (tertiary/aromatic N) is 3. The number of rotatable bonds is 8. The largest absolute Gasteiger partial charge is 0.387 e. The molecule has 1 aromatic heterocycles. The summed E-state index contributed by atoms with van der Waals surface area (Å²) in [6.45, 7) is 4.25. The molecule has 1 unspecified atom stereocenters. The molecule has 0 saturated carbocycles. The van der Waals surface area contributed by atoms with Crippen molar-refractivity contribution in [2.24, 2.45) is 0 Å². The summed E-state index contributed by atoms with van der Waals surface area (Å²) in [5.41, 5.74) is 0.178. The second kappa shape index (κ2) is 10.1. The first-order chi connectivity index (χ1) is 17.8. The minimum absolute atomic E-state index is 0.0405. The van der Waals surface area contributed by atoms with Crippen LogP contribution in [0.5, 0.6) is 0 Å². The highest BCUT2D eigenvalue weighted by Crippen LogP contribution is 2.33. The van der Waals surface area contributed by atoms with Gasteiger partial charge >= 0.3 is 0 Å². The predicted octanol–water partition coefficient (Wildman–Crippen LogP) is 5.48. The molecule has 1 amide bonds. The number of halogens is 5. The number of aliphatic hydroxyl groups excluding tert-OH is 1. The van der Waals surface area contributed by atoms with Crippen LogP contribution in [0.4, 0.5) is 27.6 Å². The molecule has 4 aromatic rings. The Bertz CT molecular complexity index is 1460. The first kappa shape index (κ1) is 27.2. The molecule has 0 radical (unpaired) electrons. The third kappa shape index (κ3) is 5.52. The zero-order valence-electron chi connectivity index (χ0n) is 20.8. The number of nitrogens with one attached hydrogen (secondary N) is 1. The van der Waals surface area contributed by atoms with Crippen LogP contribution < -0.4 is 5.32 Å². The van der Waals surface area contributed by atoms with E-state index in [0.29, 0.717) is 34.4 Å². The summed E-state index contributed by atoms with van der Waals surface area (Å²) in [5.74, 6) is -6.78. The monoisotopic (exact) mass is 532 g/mol. The molecule has 2 N–H and O–H groups in total. The van der Waals surface area contributed by atoms with E-state index in [0.717, 1.165) is 6.92 Å². The van der Waals surface area contributed by atoms with Crippen molar-refractivity contribution < 1.29 is 31.9 Å². The fraction of sp³-hybridized carbons (Fsp3) is 0.296. The molecule has 0 aliphatic rings. The van der Waals surface area contributed by atoms with Crippen molar-refractivity contribution in [2.75, 3.05) is 5.32 Å². The average molecular weight is 533 g/mol. The summed E-state index contributed by atoms with van der Waals surface area (Å²) >= 11 is 0. The standard InChI is InChI=1S/C27H25F5N4O2/c1-15(37)27(31,32)17-6-4-16(5-7-17)10-24(38)33-19-8-9-23-22(13-19)34-35-36(23)14-26(2,3)25-20(29)11-18(28)12-21(25)30/h4-9,11-13,15,37H,10,14H2,1-3H3,(H,33,38). The third-order valence-electron chi connectivity index (χ3n) is 6.25. The molecule has 200 valence electrons. The maximum absolute atomic E-state index is 14.4. The van der Waals surface area contributed by atoms with Crippen LogP contribution in [0.15, 0.2) is 54.6 Å².